The van der Waals surface area contributed by atoms with Crippen LogP contribution in [0.25, 0.3) is 0 Å². The SMILES string of the molecule is Cc1c(O)c(=O)ccn1[C@H]1CC(O)[C@@H](CO)O1.Cc1c(O)c(=S)ccn1[C@H]1CC(O)[C@@H](CO)O1.NCC(N)COC[C@H]1CC(O)[C@@H](CO)O1.O=c1ccc([C@H]2CC(O)[C@@H](CO)O2)c[nH]1.OC[C@H]1O[C@@H](c2cccnc2)CC1O. The summed E-state index contributed by atoms with van der Waals surface area (Å²) in [6.07, 6.45) is 3.00. The molecule has 5 fully saturated rings. The van der Waals surface area contributed by atoms with Gasteiger partial charge in [0, 0.05) is 87.8 Å². The first-order valence-corrected chi connectivity index (χ1v) is 25.8. The molecule has 0 bridgehead atoms. The molecule has 6 unspecified atom stereocenters. The van der Waals surface area contributed by atoms with Gasteiger partial charge in [-0.25, -0.2) is 0 Å². The molecule has 5 aliphatic heterocycles. The Bertz CT molecular complexity index is 2490. The zero-order valence-corrected chi connectivity index (χ0v) is 44.1. The van der Waals surface area contributed by atoms with Gasteiger partial charge in [-0.05, 0) is 43.2 Å². The third-order valence-electron chi connectivity index (χ3n) is 13.6. The number of aliphatic hydroxyl groups excluding tert-OH is 10. The number of aromatic amines is 1. The number of nitrogens with zero attached hydrogens (tertiary/aromatic N) is 3. The molecule has 0 saturated carbocycles. The molecule has 26 nitrogen and oxygen atoms in total. The van der Waals surface area contributed by atoms with Gasteiger partial charge >= 0.3 is 0 Å². The molecule has 0 aliphatic carbocycles. The third-order valence-corrected chi connectivity index (χ3v) is 13.9. The summed E-state index contributed by atoms with van der Waals surface area (Å²) in [7, 11) is 0. The second-order valence-corrected chi connectivity index (χ2v) is 19.6. The van der Waals surface area contributed by atoms with Crippen LogP contribution in [0.15, 0.2) is 77.0 Å². The van der Waals surface area contributed by atoms with Gasteiger partial charge in [-0.3, -0.25) is 14.6 Å². The molecule has 0 spiro atoms. The van der Waals surface area contributed by atoms with Crippen LogP contribution in [0.3, 0.4) is 0 Å². The molecule has 0 radical (unpaired) electrons. The van der Waals surface area contributed by atoms with Crippen molar-refractivity contribution in [1.82, 2.24) is 19.1 Å². The van der Waals surface area contributed by atoms with Gasteiger partial charge in [-0.1, -0.05) is 18.3 Å². The van der Waals surface area contributed by atoms with Gasteiger partial charge in [0.2, 0.25) is 11.0 Å². The van der Waals surface area contributed by atoms with E-state index in [0.29, 0.717) is 67.8 Å². The Hall–Kier alpha value is -4.70. The van der Waals surface area contributed by atoms with Crippen molar-refractivity contribution in [3.05, 3.63) is 115 Å². The van der Waals surface area contributed by atoms with E-state index in [9.17, 15) is 45.3 Å². The van der Waals surface area contributed by atoms with Gasteiger partial charge in [0.1, 0.15) is 43.0 Å². The molecule has 0 aromatic carbocycles. The minimum Gasteiger partial charge on any atom is -0.505 e. The molecule has 4 aromatic rings. The fourth-order valence-corrected chi connectivity index (χ4v) is 9.12. The van der Waals surface area contributed by atoms with Crippen LogP contribution < -0.4 is 22.5 Å². The second kappa shape index (κ2) is 31.3. The summed E-state index contributed by atoms with van der Waals surface area (Å²) in [6, 6.07) is 9.50. The number of aliphatic hydroxyl groups is 10. The van der Waals surface area contributed by atoms with E-state index >= 15 is 0 Å². The second-order valence-electron chi connectivity index (χ2n) is 19.2. The molecular weight excluding hydrogens is 1050 g/mol. The van der Waals surface area contributed by atoms with Crippen molar-refractivity contribution in [3.8, 4) is 11.5 Å². The first-order valence-electron chi connectivity index (χ1n) is 25.4. The normalized spacial score (nSPS) is 30.5. The molecule has 436 valence electrons. The van der Waals surface area contributed by atoms with Crippen molar-refractivity contribution >= 4 is 12.2 Å². The third kappa shape index (κ3) is 17.6. The van der Waals surface area contributed by atoms with Gasteiger partial charge in [-0.2, -0.15) is 0 Å². The number of H-pyrrole nitrogens is 1. The van der Waals surface area contributed by atoms with Crippen molar-refractivity contribution < 1.29 is 89.7 Å². The number of hydrogen-bond donors (Lipinski definition) is 15. The molecule has 5 aliphatic rings. The predicted octanol–water partition coefficient (Wildman–Crippen LogP) is -2.00. The van der Waals surface area contributed by atoms with E-state index in [4.69, 9.17) is 77.6 Å². The Kier molecular flexibility index (Phi) is 25.8. The van der Waals surface area contributed by atoms with Crippen LogP contribution in [0.4, 0.5) is 0 Å². The Morgan fingerprint density at radius 2 is 1.15 bits per heavy atom. The highest BCUT2D eigenvalue weighted by Gasteiger charge is 2.38. The molecule has 27 heteroatoms. The molecule has 5 saturated heterocycles. The summed E-state index contributed by atoms with van der Waals surface area (Å²) in [5, 5.41) is 112. The van der Waals surface area contributed by atoms with Gasteiger partial charge < -0.3 is 115 Å². The smallest absolute Gasteiger partial charge is 0.247 e. The van der Waals surface area contributed by atoms with Gasteiger partial charge in [-0.15, -0.1) is 0 Å². The van der Waals surface area contributed by atoms with E-state index in [0.717, 1.165) is 11.1 Å². The molecule has 9 heterocycles. The van der Waals surface area contributed by atoms with Crippen LogP contribution in [0.1, 0.15) is 79.3 Å². The lowest BCUT2D eigenvalue weighted by atomic mass is 10.1. The topological polar surface area (TPSA) is 423 Å². The first kappa shape index (κ1) is 64.1. The lowest BCUT2D eigenvalue weighted by Crippen LogP contribution is -2.35. The quantitative estimate of drug-likeness (QED) is 0.0607. The minimum atomic E-state index is -0.744. The maximum absolute atomic E-state index is 11.2. The highest BCUT2D eigenvalue weighted by atomic mass is 32.1. The average molecular weight is 1130 g/mol. The molecular formula is C51H76N6O20S. The Morgan fingerprint density at radius 1 is 0.667 bits per heavy atom. The van der Waals surface area contributed by atoms with Gasteiger partial charge in [0.15, 0.2) is 11.5 Å². The fraction of sp³-hybridized carbons (Fsp3) is 0.608. The Balaban J connectivity index is 0.000000180. The van der Waals surface area contributed by atoms with Crippen LogP contribution in [0.2, 0.25) is 0 Å². The summed E-state index contributed by atoms with van der Waals surface area (Å²) in [5.41, 5.74) is 13.0. The van der Waals surface area contributed by atoms with E-state index in [1.165, 1.54) is 18.3 Å². The van der Waals surface area contributed by atoms with Crippen LogP contribution in [0, 0.1) is 18.4 Å². The lowest BCUT2D eigenvalue weighted by molar-refractivity contribution is -0.0488. The number of rotatable bonds is 14. The maximum Gasteiger partial charge on any atom is 0.247 e. The van der Waals surface area contributed by atoms with Crippen LogP contribution in [-0.2, 0) is 28.4 Å². The first-order chi connectivity index (χ1) is 37.3. The van der Waals surface area contributed by atoms with Crippen molar-refractivity contribution in [2.45, 2.75) is 144 Å². The van der Waals surface area contributed by atoms with Gasteiger partial charge in [0.05, 0.1) is 111 Å². The maximum atomic E-state index is 11.2. The predicted molar refractivity (Wildman–Crippen MR) is 278 cm³/mol. The number of hydrogen-bond acceptors (Lipinski definition) is 24. The number of pyridine rings is 4. The minimum absolute atomic E-state index is 0.0491. The van der Waals surface area contributed by atoms with Crippen molar-refractivity contribution in [2.75, 3.05) is 52.8 Å². The van der Waals surface area contributed by atoms with E-state index in [-0.39, 0.29) is 80.7 Å². The van der Waals surface area contributed by atoms with Gasteiger partial charge in [0.25, 0.3) is 0 Å². The van der Waals surface area contributed by atoms with Crippen LogP contribution in [0.5, 0.6) is 11.5 Å². The van der Waals surface area contributed by atoms with E-state index in [1.54, 1.807) is 59.9 Å². The van der Waals surface area contributed by atoms with Crippen molar-refractivity contribution in [3.63, 3.8) is 0 Å². The summed E-state index contributed by atoms with van der Waals surface area (Å²) < 4.78 is 36.1. The standard InChI is InChI=1S/C11H15NO5.C11H15NO4S.C10H13NO4.C10H13NO3.C9H20N2O4/c1-6-11(16)7(14)2-3-12(6)10-4-8(15)9(5-13)17-10;1-6-11(15)9(17)2-3-12(6)10-4-7(14)8(5-13)16-10;12-5-9-7(13)3-8(15-9)6-1-2-10(14)11-4-6;12-6-10-8(13)4-9(14-10)7-2-1-3-11-5-7;10-2-6(11)4-14-5-7-1-8(13)9(3-12)15-7/h2-3,8-10,13,15-16H,4-5H2,1H3;2-3,7-8,10,13-15H,4-5H2,1H3;1-2,4,7-9,12-13H,3,5H2,(H,11,14);1-3,5,8-10,12-13H,4,6H2;6-9,12-13H,1-5,10-11H2/t8?,9-,10-;7?,8-,10-;7?,8-,9-;8?,9-,10-;6?,7-,8?,9-/m11111/s1. The molecule has 0 amide bonds. The molecule has 16 atom stereocenters. The lowest BCUT2D eigenvalue weighted by Gasteiger charge is -2.19. The zero-order valence-electron chi connectivity index (χ0n) is 43.3. The molecule has 17 N–H and O–H groups in total. The monoisotopic (exact) mass is 1120 g/mol. The summed E-state index contributed by atoms with van der Waals surface area (Å²) in [5.74, 6) is -0.272. The Labute approximate surface area is 454 Å². The highest BCUT2D eigenvalue weighted by molar-refractivity contribution is 7.71. The van der Waals surface area contributed by atoms with Crippen molar-refractivity contribution in [1.29, 1.82) is 0 Å². The van der Waals surface area contributed by atoms with Crippen LogP contribution in [-0.4, -0.2) is 206 Å². The largest absolute Gasteiger partial charge is 0.505 e. The summed E-state index contributed by atoms with van der Waals surface area (Å²) >= 11 is 4.95. The average Bonchev–Trinajstić information content (AvgIpc) is 4.29. The molecule has 9 rings (SSSR count). The Morgan fingerprint density at radius 3 is 1.62 bits per heavy atom. The number of aromatic hydroxyl groups is 2. The van der Waals surface area contributed by atoms with Crippen molar-refractivity contribution in [2.24, 2.45) is 11.5 Å². The zero-order chi connectivity index (χ0) is 57.2. The van der Waals surface area contributed by atoms with E-state index in [2.05, 4.69) is 9.97 Å². The highest BCUT2D eigenvalue weighted by Crippen LogP contribution is 2.35. The molecule has 4 aromatic heterocycles. The van der Waals surface area contributed by atoms with E-state index < -0.39 is 72.7 Å². The fourth-order valence-electron chi connectivity index (χ4n) is 8.91. The van der Waals surface area contributed by atoms with Crippen LogP contribution >= 0.6 is 12.2 Å². The number of nitrogens with one attached hydrogen (secondary N) is 1. The number of nitrogens with two attached hydrogens (primary N) is 2. The summed E-state index contributed by atoms with van der Waals surface area (Å²) in [6.45, 7) is 3.49. The summed E-state index contributed by atoms with van der Waals surface area (Å²) in [4.78, 5) is 28.6. The number of aromatic nitrogens is 4. The molecule has 78 heavy (non-hydrogen) atoms. The van der Waals surface area contributed by atoms with E-state index in [1.807, 2.05) is 12.1 Å². The number of ether oxygens (including phenoxy) is 6.